The standard InChI is InChI=1S/C14H19NO3S2/c1-10-2-3-11-12(9-19-13(11)8-10)14(16)15-4-6-20(17,18)7-5-15/h9-10H,2-8H2,1H3. The Bertz CT molecular complexity index is 619. The molecule has 0 bridgehead atoms. The molecule has 3 rings (SSSR count). The van der Waals surface area contributed by atoms with E-state index in [0.29, 0.717) is 19.0 Å². The van der Waals surface area contributed by atoms with Gasteiger partial charge in [-0.1, -0.05) is 6.92 Å². The van der Waals surface area contributed by atoms with Gasteiger partial charge in [0.2, 0.25) is 0 Å². The van der Waals surface area contributed by atoms with Gasteiger partial charge < -0.3 is 4.90 Å². The lowest BCUT2D eigenvalue weighted by Gasteiger charge is -2.27. The summed E-state index contributed by atoms with van der Waals surface area (Å²) in [7, 11) is -2.93. The number of hydrogen-bond acceptors (Lipinski definition) is 4. The van der Waals surface area contributed by atoms with E-state index in [2.05, 4.69) is 6.92 Å². The number of sulfone groups is 1. The normalized spacial score (nSPS) is 25.2. The zero-order valence-corrected chi connectivity index (χ0v) is 13.2. The molecule has 1 unspecified atom stereocenters. The second-order valence-corrected chi connectivity index (χ2v) is 9.11. The SMILES string of the molecule is CC1CCc2c(C(=O)N3CCS(=O)(=O)CC3)csc2C1. The van der Waals surface area contributed by atoms with Crippen LogP contribution in [0.4, 0.5) is 0 Å². The molecule has 1 aromatic rings. The summed E-state index contributed by atoms with van der Waals surface area (Å²) in [6.45, 7) is 2.92. The maximum Gasteiger partial charge on any atom is 0.255 e. The first-order chi connectivity index (χ1) is 9.46. The molecule has 1 amide bonds. The van der Waals surface area contributed by atoms with Crippen LogP contribution in [0, 0.1) is 5.92 Å². The van der Waals surface area contributed by atoms with Gasteiger partial charge in [0, 0.05) is 23.3 Å². The van der Waals surface area contributed by atoms with E-state index in [-0.39, 0.29) is 17.4 Å². The molecule has 0 spiro atoms. The number of fused-ring (bicyclic) bond motifs is 1. The fraction of sp³-hybridized carbons (Fsp3) is 0.643. The molecule has 4 nitrogen and oxygen atoms in total. The van der Waals surface area contributed by atoms with Crippen molar-refractivity contribution >= 4 is 27.1 Å². The van der Waals surface area contributed by atoms with Crippen LogP contribution < -0.4 is 0 Å². The number of rotatable bonds is 1. The van der Waals surface area contributed by atoms with Crippen molar-refractivity contribution in [2.24, 2.45) is 5.92 Å². The molecule has 1 aliphatic carbocycles. The third kappa shape index (κ3) is 2.63. The molecule has 2 aliphatic rings. The highest BCUT2D eigenvalue weighted by molar-refractivity contribution is 7.91. The molecule has 2 heterocycles. The van der Waals surface area contributed by atoms with Crippen LogP contribution in [-0.4, -0.2) is 43.8 Å². The molecule has 0 radical (unpaired) electrons. The van der Waals surface area contributed by atoms with Crippen LogP contribution >= 0.6 is 11.3 Å². The lowest BCUT2D eigenvalue weighted by Crippen LogP contribution is -2.43. The van der Waals surface area contributed by atoms with Crippen molar-refractivity contribution in [1.82, 2.24) is 4.90 Å². The number of thiophene rings is 1. The van der Waals surface area contributed by atoms with Gasteiger partial charge in [0.25, 0.3) is 5.91 Å². The van der Waals surface area contributed by atoms with Crippen molar-refractivity contribution in [3.63, 3.8) is 0 Å². The lowest BCUT2D eigenvalue weighted by molar-refractivity contribution is 0.0769. The molecule has 1 saturated heterocycles. The molecular formula is C14H19NO3S2. The van der Waals surface area contributed by atoms with E-state index < -0.39 is 9.84 Å². The van der Waals surface area contributed by atoms with E-state index in [1.807, 2.05) is 5.38 Å². The van der Waals surface area contributed by atoms with Gasteiger partial charge in [0.15, 0.2) is 9.84 Å². The van der Waals surface area contributed by atoms with Gasteiger partial charge in [0.1, 0.15) is 0 Å². The minimum Gasteiger partial charge on any atom is -0.337 e. The second-order valence-electron chi connectivity index (χ2n) is 5.84. The molecular weight excluding hydrogens is 294 g/mol. The molecule has 1 aliphatic heterocycles. The van der Waals surface area contributed by atoms with Gasteiger partial charge in [-0.05, 0) is 30.7 Å². The van der Waals surface area contributed by atoms with E-state index in [1.165, 1.54) is 10.4 Å². The zero-order valence-electron chi connectivity index (χ0n) is 11.6. The maximum atomic E-state index is 12.6. The zero-order chi connectivity index (χ0) is 14.3. The number of carbonyl (C=O) groups excluding carboxylic acids is 1. The van der Waals surface area contributed by atoms with Crippen LogP contribution in [0.3, 0.4) is 0 Å². The van der Waals surface area contributed by atoms with Gasteiger partial charge in [-0.15, -0.1) is 11.3 Å². The Balaban J connectivity index is 1.79. The summed E-state index contributed by atoms with van der Waals surface area (Å²) >= 11 is 1.68. The fourth-order valence-corrected chi connectivity index (χ4v) is 5.38. The van der Waals surface area contributed by atoms with Gasteiger partial charge in [-0.25, -0.2) is 8.42 Å². The predicted octanol–water partition coefficient (Wildman–Crippen LogP) is 1.74. The van der Waals surface area contributed by atoms with E-state index in [4.69, 9.17) is 0 Å². The second kappa shape index (κ2) is 5.15. The van der Waals surface area contributed by atoms with E-state index in [0.717, 1.165) is 24.8 Å². The topological polar surface area (TPSA) is 54.5 Å². The van der Waals surface area contributed by atoms with Crippen molar-refractivity contribution in [2.45, 2.75) is 26.2 Å². The summed E-state index contributed by atoms with van der Waals surface area (Å²) in [5, 5.41) is 1.97. The van der Waals surface area contributed by atoms with Crippen molar-refractivity contribution in [3.05, 3.63) is 21.4 Å². The Hall–Kier alpha value is -0.880. The molecule has 0 saturated carbocycles. The van der Waals surface area contributed by atoms with Gasteiger partial charge in [0.05, 0.1) is 17.1 Å². The molecule has 0 aromatic carbocycles. The molecule has 1 atom stereocenters. The summed E-state index contributed by atoms with van der Waals surface area (Å²) in [5.74, 6) is 0.917. The highest BCUT2D eigenvalue weighted by Crippen LogP contribution is 2.33. The first-order valence-electron chi connectivity index (χ1n) is 7.05. The molecule has 6 heteroatoms. The van der Waals surface area contributed by atoms with Gasteiger partial charge >= 0.3 is 0 Å². The third-order valence-electron chi connectivity index (χ3n) is 4.26. The van der Waals surface area contributed by atoms with Crippen LogP contribution in [0.2, 0.25) is 0 Å². The smallest absolute Gasteiger partial charge is 0.255 e. The largest absolute Gasteiger partial charge is 0.337 e. The molecule has 1 fully saturated rings. The van der Waals surface area contributed by atoms with Crippen molar-refractivity contribution < 1.29 is 13.2 Å². The van der Waals surface area contributed by atoms with Crippen LogP contribution in [0.15, 0.2) is 5.38 Å². The van der Waals surface area contributed by atoms with Crippen LogP contribution in [0.1, 0.15) is 34.1 Å². The van der Waals surface area contributed by atoms with Crippen molar-refractivity contribution in [1.29, 1.82) is 0 Å². The number of hydrogen-bond donors (Lipinski definition) is 0. The van der Waals surface area contributed by atoms with Crippen LogP contribution in [0.5, 0.6) is 0 Å². The third-order valence-corrected chi connectivity index (χ3v) is 6.92. The Morgan fingerprint density at radius 1 is 1.35 bits per heavy atom. The maximum absolute atomic E-state index is 12.6. The monoisotopic (exact) mass is 313 g/mol. The summed E-state index contributed by atoms with van der Waals surface area (Å²) in [6.07, 6.45) is 3.19. The minimum absolute atomic E-state index is 0.0203. The number of nitrogens with zero attached hydrogens (tertiary/aromatic N) is 1. The quantitative estimate of drug-likeness (QED) is 0.793. The van der Waals surface area contributed by atoms with E-state index in [1.54, 1.807) is 16.2 Å². The first-order valence-corrected chi connectivity index (χ1v) is 9.75. The number of amides is 1. The summed E-state index contributed by atoms with van der Waals surface area (Å²) < 4.78 is 22.9. The molecule has 0 N–H and O–H groups in total. The molecule has 1 aromatic heterocycles. The van der Waals surface area contributed by atoms with E-state index >= 15 is 0 Å². The van der Waals surface area contributed by atoms with Gasteiger partial charge in [-0.2, -0.15) is 0 Å². The molecule has 110 valence electrons. The number of carbonyl (C=O) groups is 1. The first kappa shape index (κ1) is 14.1. The Labute approximate surface area is 123 Å². The van der Waals surface area contributed by atoms with Crippen LogP contribution in [0.25, 0.3) is 0 Å². The fourth-order valence-electron chi connectivity index (χ4n) is 2.94. The van der Waals surface area contributed by atoms with Crippen LogP contribution in [-0.2, 0) is 22.7 Å². The minimum atomic E-state index is -2.93. The molecule has 20 heavy (non-hydrogen) atoms. The predicted molar refractivity (Wildman–Crippen MR) is 80.1 cm³/mol. The average Bonchev–Trinajstić information content (AvgIpc) is 2.80. The van der Waals surface area contributed by atoms with E-state index in [9.17, 15) is 13.2 Å². The lowest BCUT2D eigenvalue weighted by atomic mass is 9.88. The summed E-state index contributed by atoms with van der Waals surface area (Å²) in [4.78, 5) is 15.6. The highest BCUT2D eigenvalue weighted by atomic mass is 32.2. The van der Waals surface area contributed by atoms with Gasteiger partial charge in [-0.3, -0.25) is 4.79 Å². The summed E-state index contributed by atoms with van der Waals surface area (Å²) in [5.41, 5.74) is 2.03. The Morgan fingerprint density at radius 3 is 2.75 bits per heavy atom. The van der Waals surface area contributed by atoms with Crippen molar-refractivity contribution in [2.75, 3.05) is 24.6 Å². The van der Waals surface area contributed by atoms with Crippen molar-refractivity contribution in [3.8, 4) is 0 Å². The summed E-state index contributed by atoms with van der Waals surface area (Å²) in [6, 6.07) is 0. The Morgan fingerprint density at radius 2 is 2.05 bits per heavy atom. The Kier molecular flexibility index (Phi) is 3.62. The average molecular weight is 313 g/mol. The highest BCUT2D eigenvalue weighted by Gasteiger charge is 2.29.